The maximum absolute atomic E-state index is 13.0. The molecule has 0 atom stereocenters. The Bertz CT molecular complexity index is 998. The van der Waals surface area contributed by atoms with E-state index in [4.69, 9.17) is 21.7 Å². The van der Waals surface area contributed by atoms with Gasteiger partial charge in [-0.15, -0.1) is 0 Å². The molecule has 0 spiro atoms. The maximum Gasteiger partial charge on any atom is 0.270 e. The lowest BCUT2D eigenvalue weighted by Gasteiger charge is -2.16. The van der Waals surface area contributed by atoms with Gasteiger partial charge in [0.25, 0.3) is 5.91 Å². The number of thiocarbonyl (C=S) groups is 1. The van der Waals surface area contributed by atoms with Crippen molar-refractivity contribution in [3.8, 4) is 11.5 Å². The second-order valence-corrected chi connectivity index (χ2v) is 8.20. The number of hydrogen-bond donors (Lipinski definition) is 0. The Labute approximate surface area is 181 Å². The van der Waals surface area contributed by atoms with Gasteiger partial charge in [-0.05, 0) is 67.8 Å². The monoisotopic (exact) mass is 425 g/mol. The van der Waals surface area contributed by atoms with Gasteiger partial charge < -0.3 is 9.47 Å². The molecule has 1 fully saturated rings. The molecule has 4 nitrogen and oxygen atoms in total. The summed E-state index contributed by atoms with van der Waals surface area (Å²) < 4.78 is 11.8. The molecule has 2 aromatic carbocycles. The molecule has 1 heterocycles. The van der Waals surface area contributed by atoms with Crippen molar-refractivity contribution in [2.24, 2.45) is 0 Å². The summed E-state index contributed by atoms with van der Waals surface area (Å²) in [7, 11) is 0. The molecular formula is C23H23NO3S2. The van der Waals surface area contributed by atoms with Gasteiger partial charge in [0, 0.05) is 0 Å². The fraction of sp³-hybridized carbons (Fsp3) is 0.217. The zero-order valence-corrected chi connectivity index (χ0v) is 18.4. The molecule has 0 radical (unpaired) electrons. The zero-order chi connectivity index (χ0) is 21.0. The van der Waals surface area contributed by atoms with E-state index >= 15 is 0 Å². The second-order valence-electron chi connectivity index (χ2n) is 6.52. The highest BCUT2D eigenvalue weighted by molar-refractivity contribution is 8.27. The third-order valence-electron chi connectivity index (χ3n) is 4.46. The molecule has 0 unspecified atom stereocenters. The molecule has 1 amide bonds. The van der Waals surface area contributed by atoms with E-state index in [9.17, 15) is 4.79 Å². The van der Waals surface area contributed by atoms with Crippen LogP contribution in [0.4, 0.5) is 5.69 Å². The number of amides is 1. The van der Waals surface area contributed by atoms with Crippen molar-refractivity contribution in [2.75, 3.05) is 18.1 Å². The first-order valence-electron chi connectivity index (χ1n) is 9.30. The molecule has 1 aliphatic rings. The number of thioether (sulfide) groups is 1. The molecule has 29 heavy (non-hydrogen) atoms. The molecule has 2 aromatic rings. The van der Waals surface area contributed by atoms with Crippen LogP contribution in [0.15, 0.2) is 54.0 Å². The standard InChI is InChI=1S/C23H23NO3S2/c1-5-11-27-19-10-8-17(13-20(19)26-6-2)14-21-22(25)24(23(28)29-21)18-9-7-15(3)16(4)12-18/h5,7-10,12-14H,1,6,11H2,2-4H3/b21-14+. The smallest absolute Gasteiger partial charge is 0.270 e. The summed E-state index contributed by atoms with van der Waals surface area (Å²) >= 11 is 6.78. The van der Waals surface area contributed by atoms with Crippen molar-refractivity contribution in [1.82, 2.24) is 0 Å². The fourth-order valence-electron chi connectivity index (χ4n) is 2.86. The highest BCUT2D eigenvalue weighted by Crippen LogP contribution is 2.37. The number of anilines is 1. The number of ether oxygens (including phenoxy) is 2. The lowest BCUT2D eigenvalue weighted by Crippen LogP contribution is -2.27. The Kier molecular flexibility index (Phi) is 6.77. The van der Waals surface area contributed by atoms with Gasteiger partial charge in [-0.3, -0.25) is 9.69 Å². The first kappa shape index (κ1) is 21.1. The molecule has 0 bridgehead atoms. The molecule has 0 saturated carbocycles. The number of aryl methyl sites for hydroxylation is 2. The van der Waals surface area contributed by atoms with Crippen LogP contribution in [0, 0.1) is 13.8 Å². The van der Waals surface area contributed by atoms with Gasteiger partial charge in [0.05, 0.1) is 17.2 Å². The highest BCUT2D eigenvalue weighted by atomic mass is 32.2. The molecule has 0 aromatic heterocycles. The summed E-state index contributed by atoms with van der Waals surface area (Å²) in [5, 5.41) is 0. The Morgan fingerprint density at radius 3 is 2.59 bits per heavy atom. The van der Waals surface area contributed by atoms with Crippen molar-refractivity contribution in [2.45, 2.75) is 20.8 Å². The predicted molar refractivity (Wildman–Crippen MR) is 125 cm³/mol. The van der Waals surface area contributed by atoms with Crippen LogP contribution in [0.3, 0.4) is 0 Å². The van der Waals surface area contributed by atoms with Crippen molar-refractivity contribution in [3.05, 3.63) is 70.6 Å². The van der Waals surface area contributed by atoms with Crippen LogP contribution in [-0.4, -0.2) is 23.4 Å². The normalized spacial score (nSPS) is 15.1. The van der Waals surface area contributed by atoms with E-state index in [1.807, 2.05) is 63.2 Å². The minimum absolute atomic E-state index is 0.117. The lowest BCUT2D eigenvalue weighted by atomic mass is 10.1. The third-order valence-corrected chi connectivity index (χ3v) is 5.77. The SMILES string of the molecule is C=CCOc1ccc(/C=C2/SC(=S)N(c3ccc(C)c(C)c3)C2=O)cc1OCC. The summed E-state index contributed by atoms with van der Waals surface area (Å²) in [5.74, 6) is 1.16. The van der Waals surface area contributed by atoms with Crippen LogP contribution in [0.25, 0.3) is 6.08 Å². The van der Waals surface area contributed by atoms with Crippen LogP contribution >= 0.6 is 24.0 Å². The number of carbonyl (C=O) groups excluding carboxylic acids is 1. The fourth-order valence-corrected chi connectivity index (χ4v) is 4.16. The Morgan fingerprint density at radius 2 is 1.90 bits per heavy atom. The van der Waals surface area contributed by atoms with Crippen LogP contribution in [-0.2, 0) is 4.79 Å². The Morgan fingerprint density at radius 1 is 1.10 bits per heavy atom. The molecule has 0 N–H and O–H groups in total. The van der Waals surface area contributed by atoms with Gasteiger partial charge in [-0.25, -0.2) is 0 Å². The first-order valence-corrected chi connectivity index (χ1v) is 10.5. The maximum atomic E-state index is 13.0. The van der Waals surface area contributed by atoms with Gasteiger partial charge >= 0.3 is 0 Å². The average Bonchev–Trinajstić information content (AvgIpc) is 2.97. The summed E-state index contributed by atoms with van der Waals surface area (Å²) in [6, 6.07) is 11.5. The summed E-state index contributed by atoms with van der Waals surface area (Å²) in [4.78, 5) is 15.2. The topological polar surface area (TPSA) is 38.8 Å². The molecule has 6 heteroatoms. The van der Waals surface area contributed by atoms with Gasteiger partial charge in [0.15, 0.2) is 15.8 Å². The van der Waals surface area contributed by atoms with E-state index in [1.54, 1.807) is 11.0 Å². The van der Waals surface area contributed by atoms with Gasteiger partial charge in [0.1, 0.15) is 6.61 Å². The molecule has 0 aliphatic carbocycles. The molecule has 150 valence electrons. The minimum atomic E-state index is -0.117. The van der Waals surface area contributed by atoms with Crippen LogP contribution in [0.2, 0.25) is 0 Å². The van der Waals surface area contributed by atoms with E-state index in [0.717, 1.165) is 16.8 Å². The lowest BCUT2D eigenvalue weighted by molar-refractivity contribution is -0.113. The summed E-state index contributed by atoms with van der Waals surface area (Å²) in [6.45, 7) is 10.6. The zero-order valence-electron chi connectivity index (χ0n) is 16.7. The number of rotatable bonds is 7. The molecule has 3 rings (SSSR count). The molecular weight excluding hydrogens is 402 g/mol. The van der Waals surface area contributed by atoms with E-state index in [-0.39, 0.29) is 5.91 Å². The largest absolute Gasteiger partial charge is 0.490 e. The van der Waals surface area contributed by atoms with Crippen molar-refractivity contribution >= 4 is 46.0 Å². The number of carbonyl (C=O) groups is 1. The van der Waals surface area contributed by atoms with Crippen LogP contribution < -0.4 is 14.4 Å². The van der Waals surface area contributed by atoms with E-state index < -0.39 is 0 Å². The summed E-state index contributed by atoms with van der Waals surface area (Å²) in [6.07, 6.45) is 3.52. The molecule has 1 aliphatic heterocycles. The predicted octanol–water partition coefficient (Wildman–Crippen LogP) is 5.67. The Hall–Kier alpha value is -2.57. The minimum Gasteiger partial charge on any atom is -0.490 e. The second kappa shape index (κ2) is 9.29. The van der Waals surface area contributed by atoms with Gasteiger partial charge in [0.2, 0.25) is 0 Å². The number of benzene rings is 2. The first-order chi connectivity index (χ1) is 13.9. The number of nitrogens with zero attached hydrogens (tertiary/aromatic N) is 1. The highest BCUT2D eigenvalue weighted by Gasteiger charge is 2.33. The van der Waals surface area contributed by atoms with Crippen molar-refractivity contribution in [1.29, 1.82) is 0 Å². The van der Waals surface area contributed by atoms with Gasteiger partial charge in [-0.1, -0.05) is 48.8 Å². The quantitative estimate of drug-likeness (QED) is 0.324. The number of hydrogen-bond acceptors (Lipinski definition) is 5. The van der Waals surface area contributed by atoms with Gasteiger partial charge in [-0.2, -0.15) is 0 Å². The van der Waals surface area contributed by atoms with Crippen molar-refractivity contribution < 1.29 is 14.3 Å². The van der Waals surface area contributed by atoms with Crippen molar-refractivity contribution in [3.63, 3.8) is 0 Å². The molecule has 1 saturated heterocycles. The Balaban J connectivity index is 1.89. The summed E-state index contributed by atoms with van der Waals surface area (Å²) in [5.41, 5.74) is 3.94. The van der Waals surface area contributed by atoms with E-state index in [2.05, 4.69) is 6.58 Å². The average molecular weight is 426 g/mol. The van der Waals surface area contributed by atoms with Crippen LogP contribution in [0.1, 0.15) is 23.6 Å². The third kappa shape index (κ3) is 4.71. The van der Waals surface area contributed by atoms with Crippen LogP contribution in [0.5, 0.6) is 11.5 Å². The van der Waals surface area contributed by atoms with E-state index in [1.165, 1.54) is 17.3 Å². The van der Waals surface area contributed by atoms with E-state index in [0.29, 0.717) is 33.9 Å².